The zero-order valence-electron chi connectivity index (χ0n) is 6.15. The second-order valence-corrected chi connectivity index (χ2v) is 2.43. The zero-order chi connectivity index (χ0) is 6.85. The highest BCUT2D eigenvalue weighted by Crippen LogP contribution is 2.04. The number of allylic oxidation sites excluding steroid dienone is 1. The number of amidine groups is 1. The molecule has 0 aromatic rings. The van der Waals surface area contributed by atoms with Crippen LogP contribution in [0.25, 0.3) is 0 Å². The third-order valence-electron chi connectivity index (χ3n) is 1.56. The maximum absolute atomic E-state index is 4.21. The van der Waals surface area contributed by atoms with Crippen LogP contribution in [-0.2, 0) is 0 Å². The van der Waals surface area contributed by atoms with Crippen LogP contribution >= 0.6 is 0 Å². The van der Waals surface area contributed by atoms with Crippen LogP contribution in [0.4, 0.5) is 0 Å². The van der Waals surface area contributed by atoms with Gasteiger partial charge in [0.15, 0.2) is 0 Å². The minimum Gasteiger partial charge on any atom is -0.348 e. The van der Waals surface area contributed by atoms with E-state index in [1.807, 2.05) is 6.92 Å². The van der Waals surface area contributed by atoms with Crippen molar-refractivity contribution in [1.29, 1.82) is 0 Å². The molecule has 2 heteroatoms. The zero-order valence-corrected chi connectivity index (χ0v) is 6.15. The fourth-order valence-electron chi connectivity index (χ4n) is 0.773. The Bertz CT molecular complexity index is 177. The van der Waals surface area contributed by atoms with Crippen LogP contribution in [0.15, 0.2) is 16.3 Å². The Morgan fingerprint density at radius 3 is 2.44 bits per heavy atom. The lowest BCUT2D eigenvalue weighted by Gasteiger charge is -2.14. The van der Waals surface area contributed by atoms with Crippen molar-refractivity contribution < 1.29 is 0 Å². The van der Waals surface area contributed by atoms with E-state index in [1.165, 1.54) is 11.3 Å². The smallest absolute Gasteiger partial charge is 0.0977 e. The molecule has 0 unspecified atom stereocenters. The van der Waals surface area contributed by atoms with Crippen LogP contribution < -0.4 is 5.32 Å². The molecule has 0 aromatic carbocycles. The van der Waals surface area contributed by atoms with Gasteiger partial charge in [-0.25, -0.2) is 0 Å². The standard InChI is InChI=1S/C7H12N2/c1-5-4-8-7(3)9-6(5)2/h4H2,1-3H3,(H,8,9). The van der Waals surface area contributed by atoms with E-state index in [0.717, 1.165) is 12.4 Å². The largest absolute Gasteiger partial charge is 0.348 e. The molecule has 1 heterocycles. The van der Waals surface area contributed by atoms with E-state index in [-0.39, 0.29) is 0 Å². The van der Waals surface area contributed by atoms with Crippen molar-refractivity contribution in [3.8, 4) is 0 Å². The molecule has 0 aromatic heterocycles. The molecule has 0 radical (unpaired) electrons. The second kappa shape index (κ2) is 2.21. The molecule has 0 saturated carbocycles. The summed E-state index contributed by atoms with van der Waals surface area (Å²) in [4.78, 5) is 4.21. The molecule has 1 aliphatic heterocycles. The van der Waals surface area contributed by atoms with Crippen LogP contribution in [0, 0.1) is 0 Å². The Balaban J connectivity index is 2.70. The highest BCUT2D eigenvalue weighted by Gasteiger charge is 2.02. The van der Waals surface area contributed by atoms with Crippen LogP contribution in [0.1, 0.15) is 20.8 Å². The number of hydrogen-bond acceptors (Lipinski definition) is 2. The topological polar surface area (TPSA) is 24.4 Å². The van der Waals surface area contributed by atoms with Crippen molar-refractivity contribution in [3.63, 3.8) is 0 Å². The van der Waals surface area contributed by atoms with Crippen LogP contribution in [-0.4, -0.2) is 12.4 Å². The van der Waals surface area contributed by atoms with Gasteiger partial charge in [0.1, 0.15) is 0 Å². The predicted octanol–water partition coefficient (Wildman–Crippen LogP) is 1.30. The number of hydrogen-bond donors (Lipinski definition) is 1. The summed E-state index contributed by atoms with van der Waals surface area (Å²) >= 11 is 0. The molecular weight excluding hydrogens is 112 g/mol. The highest BCUT2D eigenvalue weighted by atomic mass is 15.0. The first-order valence-corrected chi connectivity index (χ1v) is 3.14. The average molecular weight is 124 g/mol. The van der Waals surface area contributed by atoms with E-state index in [2.05, 4.69) is 24.2 Å². The first kappa shape index (κ1) is 6.33. The SMILES string of the molecule is CC1=NCC(C)=C(C)N1. The Kier molecular flexibility index (Phi) is 1.56. The predicted molar refractivity (Wildman–Crippen MR) is 39.5 cm³/mol. The van der Waals surface area contributed by atoms with Crippen molar-refractivity contribution in [2.45, 2.75) is 20.8 Å². The summed E-state index contributed by atoms with van der Waals surface area (Å²) in [7, 11) is 0. The quantitative estimate of drug-likeness (QED) is 0.517. The molecular formula is C7H12N2. The van der Waals surface area contributed by atoms with Gasteiger partial charge in [0.25, 0.3) is 0 Å². The number of aliphatic imine (C=N–C) groups is 1. The Morgan fingerprint density at radius 2 is 2.00 bits per heavy atom. The van der Waals surface area contributed by atoms with Gasteiger partial charge in [-0.1, -0.05) is 0 Å². The molecule has 0 fully saturated rings. The third kappa shape index (κ3) is 1.31. The third-order valence-corrected chi connectivity index (χ3v) is 1.56. The minimum absolute atomic E-state index is 0.866. The normalized spacial score (nSPS) is 19.2. The lowest BCUT2D eigenvalue weighted by Crippen LogP contribution is -2.23. The van der Waals surface area contributed by atoms with E-state index < -0.39 is 0 Å². The molecule has 2 nitrogen and oxygen atoms in total. The molecule has 0 bridgehead atoms. The maximum atomic E-state index is 4.21. The number of nitrogens with one attached hydrogen (secondary N) is 1. The summed E-state index contributed by atoms with van der Waals surface area (Å²) in [5.41, 5.74) is 2.59. The van der Waals surface area contributed by atoms with Crippen LogP contribution in [0.3, 0.4) is 0 Å². The molecule has 1 rings (SSSR count). The van der Waals surface area contributed by atoms with Crippen molar-refractivity contribution in [2.75, 3.05) is 6.54 Å². The number of rotatable bonds is 0. The van der Waals surface area contributed by atoms with E-state index in [9.17, 15) is 0 Å². The van der Waals surface area contributed by atoms with Gasteiger partial charge in [0.05, 0.1) is 12.4 Å². The van der Waals surface area contributed by atoms with E-state index >= 15 is 0 Å². The highest BCUT2D eigenvalue weighted by molar-refractivity contribution is 5.82. The Hall–Kier alpha value is -0.790. The lowest BCUT2D eigenvalue weighted by molar-refractivity contribution is 0.946. The molecule has 50 valence electrons. The Labute approximate surface area is 55.7 Å². The molecule has 0 aliphatic carbocycles. The van der Waals surface area contributed by atoms with Crippen molar-refractivity contribution in [3.05, 3.63) is 11.3 Å². The molecule has 9 heavy (non-hydrogen) atoms. The monoisotopic (exact) mass is 124 g/mol. The fraction of sp³-hybridized carbons (Fsp3) is 0.571. The lowest BCUT2D eigenvalue weighted by atomic mass is 10.2. The molecule has 0 atom stereocenters. The van der Waals surface area contributed by atoms with Crippen molar-refractivity contribution >= 4 is 5.84 Å². The first-order chi connectivity index (χ1) is 4.20. The minimum atomic E-state index is 0.866. The van der Waals surface area contributed by atoms with Crippen molar-refractivity contribution in [1.82, 2.24) is 5.32 Å². The molecule has 0 spiro atoms. The van der Waals surface area contributed by atoms with E-state index in [0.29, 0.717) is 0 Å². The summed E-state index contributed by atoms with van der Waals surface area (Å²) in [6.07, 6.45) is 0. The molecule has 1 N–H and O–H groups in total. The molecule has 1 aliphatic rings. The molecule has 0 saturated heterocycles. The van der Waals surface area contributed by atoms with Crippen LogP contribution in [0.2, 0.25) is 0 Å². The first-order valence-electron chi connectivity index (χ1n) is 3.14. The number of nitrogens with zero attached hydrogens (tertiary/aromatic N) is 1. The maximum Gasteiger partial charge on any atom is 0.0977 e. The summed E-state index contributed by atoms with van der Waals surface area (Å²) in [5, 5.41) is 3.16. The van der Waals surface area contributed by atoms with Gasteiger partial charge in [-0.15, -0.1) is 0 Å². The van der Waals surface area contributed by atoms with Gasteiger partial charge >= 0.3 is 0 Å². The average Bonchev–Trinajstić information content (AvgIpc) is 1.80. The van der Waals surface area contributed by atoms with Crippen LogP contribution in [0.5, 0.6) is 0 Å². The summed E-state index contributed by atoms with van der Waals surface area (Å²) in [6.45, 7) is 7.02. The summed E-state index contributed by atoms with van der Waals surface area (Å²) in [6, 6.07) is 0. The fourth-order valence-corrected chi connectivity index (χ4v) is 0.773. The second-order valence-electron chi connectivity index (χ2n) is 2.43. The Morgan fingerprint density at radius 1 is 1.33 bits per heavy atom. The van der Waals surface area contributed by atoms with E-state index in [1.54, 1.807) is 0 Å². The van der Waals surface area contributed by atoms with Gasteiger partial charge in [0, 0.05) is 5.70 Å². The van der Waals surface area contributed by atoms with Gasteiger partial charge in [-0.3, -0.25) is 4.99 Å². The van der Waals surface area contributed by atoms with Gasteiger partial charge < -0.3 is 5.32 Å². The molecule has 0 amide bonds. The summed E-state index contributed by atoms with van der Waals surface area (Å²) < 4.78 is 0. The van der Waals surface area contributed by atoms with E-state index in [4.69, 9.17) is 0 Å². The summed E-state index contributed by atoms with van der Waals surface area (Å²) in [5.74, 6) is 1.03. The van der Waals surface area contributed by atoms with Gasteiger partial charge in [-0.05, 0) is 26.3 Å². The van der Waals surface area contributed by atoms with Gasteiger partial charge in [0.2, 0.25) is 0 Å². The van der Waals surface area contributed by atoms with Crippen molar-refractivity contribution in [2.24, 2.45) is 4.99 Å². The van der Waals surface area contributed by atoms with Gasteiger partial charge in [-0.2, -0.15) is 0 Å².